The Morgan fingerprint density at radius 1 is 1.54 bits per heavy atom. The van der Waals surface area contributed by atoms with Crippen LogP contribution in [0.4, 0.5) is 4.79 Å². The maximum absolute atomic E-state index is 11.1. The molecule has 0 fully saturated rings. The third-order valence-corrected chi connectivity index (χ3v) is 1.92. The number of nitrogens with zero attached hydrogens (tertiary/aromatic N) is 1. The molecule has 0 atom stereocenters. The van der Waals surface area contributed by atoms with E-state index in [1.54, 1.807) is 12.3 Å². The zero-order valence-electron chi connectivity index (χ0n) is 6.83. The number of carbonyl (C=O) groups excluding carboxylic acids is 2. The van der Waals surface area contributed by atoms with Gasteiger partial charge in [0.25, 0.3) is 5.91 Å². The van der Waals surface area contributed by atoms with Crippen LogP contribution in [-0.4, -0.2) is 16.9 Å². The van der Waals surface area contributed by atoms with Gasteiger partial charge in [0.05, 0.1) is 5.01 Å². The molecular weight excluding hydrogens is 192 g/mol. The van der Waals surface area contributed by atoms with Gasteiger partial charge in [0, 0.05) is 5.38 Å². The summed E-state index contributed by atoms with van der Waals surface area (Å²) in [7, 11) is 0. The van der Waals surface area contributed by atoms with Gasteiger partial charge in [0.15, 0.2) is 0 Å². The molecule has 3 amide bonds. The predicted molar refractivity (Wildman–Crippen MR) is 47.0 cm³/mol. The summed E-state index contributed by atoms with van der Waals surface area (Å²) in [6, 6.07) is -0.819. The van der Waals surface area contributed by atoms with E-state index < -0.39 is 11.9 Å². The maximum atomic E-state index is 11.1. The number of primary amides is 1. The minimum absolute atomic E-state index is 0.260. The molecule has 0 bridgehead atoms. The van der Waals surface area contributed by atoms with E-state index in [2.05, 4.69) is 10.4 Å². The topological polar surface area (TPSA) is 97.1 Å². The Bertz CT molecular complexity index is 335. The van der Waals surface area contributed by atoms with Gasteiger partial charge >= 0.3 is 6.03 Å². The first kappa shape index (κ1) is 9.46. The fourth-order valence-electron chi connectivity index (χ4n) is 0.650. The van der Waals surface area contributed by atoms with Gasteiger partial charge in [0.2, 0.25) is 0 Å². The van der Waals surface area contributed by atoms with Gasteiger partial charge in [0.1, 0.15) is 5.69 Å². The number of hydrazine groups is 1. The lowest BCUT2D eigenvalue weighted by atomic mass is 10.5. The Morgan fingerprint density at radius 2 is 2.23 bits per heavy atom. The number of amides is 3. The van der Waals surface area contributed by atoms with Crippen LogP contribution in [0.3, 0.4) is 0 Å². The molecule has 0 saturated heterocycles. The lowest BCUT2D eigenvalue weighted by Gasteiger charge is -2.00. The van der Waals surface area contributed by atoms with Gasteiger partial charge in [-0.3, -0.25) is 10.2 Å². The molecule has 1 heterocycles. The van der Waals surface area contributed by atoms with Crippen molar-refractivity contribution in [3.05, 3.63) is 16.1 Å². The molecule has 6 nitrogen and oxygen atoms in total. The lowest BCUT2D eigenvalue weighted by Crippen LogP contribution is -2.44. The van der Waals surface area contributed by atoms with Gasteiger partial charge in [-0.1, -0.05) is 0 Å². The number of hydrogen-bond acceptors (Lipinski definition) is 4. The average Bonchev–Trinajstić information content (AvgIpc) is 2.47. The number of nitrogens with one attached hydrogen (secondary N) is 2. The van der Waals surface area contributed by atoms with Crippen molar-refractivity contribution in [2.75, 3.05) is 0 Å². The largest absolute Gasteiger partial charge is 0.350 e. The van der Waals surface area contributed by atoms with Crippen LogP contribution in [0.2, 0.25) is 0 Å². The van der Waals surface area contributed by atoms with Crippen LogP contribution in [0.1, 0.15) is 15.5 Å². The summed E-state index contributed by atoms with van der Waals surface area (Å²) < 4.78 is 0. The monoisotopic (exact) mass is 200 g/mol. The second-order valence-corrected chi connectivity index (χ2v) is 3.26. The van der Waals surface area contributed by atoms with Crippen LogP contribution >= 0.6 is 11.3 Å². The molecule has 13 heavy (non-hydrogen) atoms. The molecule has 0 aliphatic carbocycles. The van der Waals surface area contributed by atoms with Crippen molar-refractivity contribution in [2.24, 2.45) is 5.73 Å². The Morgan fingerprint density at radius 3 is 2.69 bits per heavy atom. The number of thiazole rings is 1. The molecule has 0 aromatic carbocycles. The number of nitrogens with two attached hydrogens (primary N) is 1. The molecule has 0 aliphatic heterocycles. The molecule has 70 valence electrons. The standard InChI is InChI=1S/C6H8N4O2S/c1-3-8-4(2-13-3)5(11)9-10-6(7)12/h2H,1H3,(H,9,11)(H3,7,10,12). The number of carbonyl (C=O) groups is 2. The minimum Gasteiger partial charge on any atom is -0.350 e. The van der Waals surface area contributed by atoms with E-state index in [-0.39, 0.29) is 5.69 Å². The van der Waals surface area contributed by atoms with Gasteiger partial charge in [-0.05, 0) is 6.92 Å². The Hall–Kier alpha value is -1.63. The molecule has 0 spiro atoms. The summed E-state index contributed by atoms with van der Waals surface area (Å²) in [6.45, 7) is 1.78. The first-order valence-electron chi connectivity index (χ1n) is 3.37. The smallest absolute Gasteiger partial charge is 0.330 e. The van der Waals surface area contributed by atoms with Crippen molar-refractivity contribution in [3.63, 3.8) is 0 Å². The second-order valence-electron chi connectivity index (χ2n) is 2.20. The number of aromatic nitrogens is 1. The van der Waals surface area contributed by atoms with Crippen molar-refractivity contribution in [2.45, 2.75) is 6.92 Å². The molecule has 1 rings (SSSR count). The van der Waals surface area contributed by atoms with E-state index in [1.165, 1.54) is 11.3 Å². The van der Waals surface area contributed by atoms with Crippen LogP contribution in [-0.2, 0) is 0 Å². The first-order valence-corrected chi connectivity index (χ1v) is 4.25. The Kier molecular flexibility index (Phi) is 2.80. The normalized spacial score (nSPS) is 9.31. The quantitative estimate of drug-likeness (QED) is 0.546. The van der Waals surface area contributed by atoms with E-state index in [9.17, 15) is 9.59 Å². The number of aryl methyl sites for hydroxylation is 1. The van der Waals surface area contributed by atoms with Crippen LogP contribution in [0.25, 0.3) is 0 Å². The molecule has 0 saturated carbocycles. The Balaban J connectivity index is 2.54. The predicted octanol–water partition coefficient (Wildman–Crippen LogP) is -0.235. The van der Waals surface area contributed by atoms with Crippen molar-refractivity contribution in [1.29, 1.82) is 0 Å². The summed E-state index contributed by atoms with van der Waals surface area (Å²) in [5.41, 5.74) is 9.05. The second kappa shape index (κ2) is 3.85. The maximum Gasteiger partial charge on any atom is 0.330 e. The van der Waals surface area contributed by atoms with Crippen LogP contribution in [0, 0.1) is 6.92 Å². The number of urea groups is 1. The highest BCUT2D eigenvalue weighted by Crippen LogP contribution is 2.06. The summed E-state index contributed by atoms with van der Waals surface area (Å²) in [5, 5.41) is 2.37. The third kappa shape index (κ3) is 2.71. The summed E-state index contributed by atoms with van der Waals surface area (Å²) >= 11 is 1.35. The van der Waals surface area contributed by atoms with Gasteiger partial charge in [-0.2, -0.15) is 0 Å². The minimum atomic E-state index is -0.819. The zero-order chi connectivity index (χ0) is 9.84. The fourth-order valence-corrected chi connectivity index (χ4v) is 1.24. The van der Waals surface area contributed by atoms with Gasteiger partial charge in [-0.25, -0.2) is 15.2 Å². The SMILES string of the molecule is Cc1nc(C(=O)NNC(N)=O)cs1. The van der Waals surface area contributed by atoms with Crippen molar-refractivity contribution >= 4 is 23.3 Å². The van der Waals surface area contributed by atoms with Crippen molar-refractivity contribution < 1.29 is 9.59 Å². The average molecular weight is 200 g/mol. The van der Waals surface area contributed by atoms with E-state index in [1.807, 2.05) is 5.43 Å². The van der Waals surface area contributed by atoms with Crippen molar-refractivity contribution in [3.8, 4) is 0 Å². The summed E-state index contributed by atoms with van der Waals surface area (Å²) in [5.74, 6) is -0.483. The molecule has 7 heteroatoms. The lowest BCUT2D eigenvalue weighted by molar-refractivity contribution is 0.0933. The van der Waals surface area contributed by atoms with E-state index in [4.69, 9.17) is 5.73 Å². The molecular formula is C6H8N4O2S. The summed E-state index contributed by atoms with van der Waals surface area (Å²) in [6.07, 6.45) is 0. The highest BCUT2D eigenvalue weighted by molar-refractivity contribution is 7.09. The molecule has 1 aromatic heterocycles. The van der Waals surface area contributed by atoms with E-state index >= 15 is 0 Å². The molecule has 1 aromatic rings. The van der Waals surface area contributed by atoms with E-state index in [0.29, 0.717) is 0 Å². The first-order chi connectivity index (χ1) is 6.09. The van der Waals surface area contributed by atoms with E-state index in [0.717, 1.165) is 5.01 Å². The molecule has 0 radical (unpaired) electrons. The molecule has 0 aliphatic rings. The summed E-state index contributed by atoms with van der Waals surface area (Å²) in [4.78, 5) is 25.2. The zero-order valence-corrected chi connectivity index (χ0v) is 7.64. The van der Waals surface area contributed by atoms with Gasteiger partial charge in [-0.15, -0.1) is 11.3 Å². The van der Waals surface area contributed by atoms with Gasteiger partial charge < -0.3 is 5.73 Å². The molecule has 4 N–H and O–H groups in total. The fraction of sp³-hybridized carbons (Fsp3) is 0.167. The third-order valence-electron chi connectivity index (χ3n) is 1.15. The molecule has 0 unspecified atom stereocenters. The highest BCUT2D eigenvalue weighted by atomic mass is 32.1. The number of rotatable bonds is 1. The van der Waals surface area contributed by atoms with Crippen LogP contribution in [0.15, 0.2) is 5.38 Å². The number of hydrogen-bond donors (Lipinski definition) is 3. The van der Waals surface area contributed by atoms with Crippen LogP contribution in [0.5, 0.6) is 0 Å². The Labute approximate surface area is 78.1 Å². The van der Waals surface area contributed by atoms with Crippen LogP contribution < -0.4 is 16.6 Å². The van der Waals surface area contributed by atoms with Crippen molar-refractivity contribution in [1.82, 2.24) is 15.8 Å². The highest BCUT2D eigenvalue weighted by Gasteiger charge is 2.08.